The summed E-state index contributed by atoms with van der Waals surface area (Å²) in [5.74, 6) is -0.169. The molecule has 1 aromatic rings. The maximum atomic E-state index is 13.7. The molecule has 1 aromatic carbocycles. The van der Waals surface area contributed by atoms with Crippen LogP contribution in [0.2, 0.25) is 0 Å². The highest BCUT2D eigenvalue weighted by Crippen LogP contribution is 2.25. The van der Waals surface area contributed by atoms with E-state index in [-0.39, 0.29) is 18.0 Å². The molecule has 0 spiro atoms. The van der Waals surface area contributed by atoms with E-state index in [1.165, 1.54) is 6.07 Å². The molecule has 1 rings (SSSR count). The summed E-state index contributed by atoms with van der Waals surface area (Å²) in [7, 11) is 3.54. The second-order valence-corrected chi connectivity index (χ2v) is 5.05. The fourth-order valence-electron chi connectivity index (χ4n) is 1.76. The Hall–Kier alpha value is -0.450. The van der Waals surface area contributed by atoms with Gasteiger partial charge in [-0.25, -0.2) is 4.39 Å². The molecule has 17 heavy (non-hydrogen) atoms. The summed E-state index contributed by atoms with van der Waals surface area (Å²) >= 11 is 3.37. The van der Waals surface area contributed by atoms with E-state index in [0.29, 0.717) is 5.56 Å². The predicted octanol–water partition coefficient (Wildman–Crippen LogP) is 3.66. The Morgan fingerprint density at radius 3 is 2.71 bits per heavy atom. The van der Waals surface area contributed by atoms with Crippen LogP contribution in [0.4, 0.5) is 4.39 Å². The number of nitrogens with one attached hydrogen (secondary N) is 1. The van der Waals surface area contributed by atoms with Crippen LogP contribution in [0.3, 0.4) is 0 Å². The summed E-state index contributed by atoms with van der Waals surface area (Å²) in [4.78, 5) is 0. The molecule has 0 saturated heterocycles. The van der Waals surface area contributed by atoms with Crippen LogP contribution in [-0.2, 0) is 4.74 Å². The normalized spacial score (nSPS) is 14.6. The summed E-state index contributed by atoms with van der Waals surface area (Å²) in [6.45, 7) is 2.02. The third-order valence-corrected chi connectivity index (χ3v) is 3.44. The second-order valence-electron chi connectivity index (χ2n) is 4.13. The van der Waals surface area contributed by atoms with Gasteiger partial charge in [-0.15, -0.1) is 0 Å². The molecule has 2 atom stereocenters. The van der Waals surface area contributed by atoms with Crippen molar-refractivity contribution in [3.05, 3.63) is 34.1 Å². The van der Waals surface area contributed by atoms with Gasteiger partial charge in [0.2, 0.25) is 0 Å². The second kappa shape index (κ2) is 7.09. The largest absolute Gasteiger partial charge is 0.382 e. The Kier molecular flexibility index (Phi) is 6.09. The number of halogens is 2. The van der Waals surface area contributed by atoms with Crippen LogP contribution in [0.15, 0.2) is 22.7 Å². The van der Waals surface area contributed by atoms with Gasteiger partial charge in [0.05, 0.1) is 6.10 Å². The average molecular weight is 304 g/mol. The van der Waals surface area contributed by atoms with E-state index in [1.54, 1.807) is 13.2 Å². The number of ether oxygens (including phenoxy) is 1. The number of hydrogen-bond acceptors (Lipinski definition) is 2. The summed E-state index contributed by atoms with van der Waals surface area (Å²) in [5.41, 5.74) is 0.699. The molecule has 0 aliphatic rings. The van der Waals surface area contributed by atoms with Gasteiger partial charge in [-0.05, 0) is 45.0 Å². The van der Waals surface area contributed by atoms with Gasteiger partial charge in [0.15, 0.2) is 0 Å². The molecule has 0 saturated carbocycles. The average Bonchev–Trinajstić information content (AvgIpc) is 2.33. The van der Waals surface area contributed by atoms with E-state index in [0.717, 1.165) is 17.3 Å². The minimum Gasteiger partial charge on any atom is -0.382 e. The van der Waals surface area contributed by atoms with Crippen molar-refractivity contribution in [3.8, 4) is 0 Å². The zero-order chi connectivity index (χ0) is 12.8. The molecule has 0 aromatic heterocycles. The van der Waals surface area contributed by atoms with Crippen LogP contribution < -0.4 is 5.32 Å². The zero-order valence-electron chi connectivity index (χ0n) is 10.5. The first kappa shape index (κ1) is 14.6. The van der Waals surface area contributed by atoms with Crippen molar-refractivity contribution in [2.75, 3.05) is 14.2 Å². The molecule has 0 aliphatic carbocycles. The maximum absolute atomic E-state index is 13.7. The van der Waals surface area contributed by atoms with Gasteiger partial charge in [0, 0.05) is 23.2 Å². The van der Waals surface area contributed by atoms with Crippen molar-refractivity contribution in [1.82, 2.24) is 5.32 Å². The number of rotatable bonds is 6. The first-order chi connectivity index (χ1) is 8.08. The van der Waals surface area contributed by atoms with Crippen molar-refractivity contribution in [1.29, 1.82) is 0 Å². The third kappa shape index (κ3) is 4.37. The Balaban J connectivity index is 2.75. The van der Waals surface area contributed by atoms with E-state index >= 15 is 0 Å². The summed E-state index contributed by atoms with van der Waals surface area (Å²) in [6, 6.07) is 5.05. The number of hydrogen-bond donors (Lipinski definition) is 1. The van der Waals surface area contributed by atoms with E-state index in [2.05, 4.69) is 21.2 Å². The van der Waals surface area contributed by atoms with Crippen molar-refractivity contribution in [3.63, 3.8) is 0 Å². The van der Waals surface area contributed by atoms with Gasteiger partial charge >= 0.3 is 0 Å². The zero-order valence-corrected chi connectivity index (χ0v) is 12.1. The molecule has 0 fully saturated rings. The van der Waals surface area contributed by atoms with Crippen LogP contribution in [0.5, 0.6) is 0 Å². The molecule has 0 amide bonds. The van der Waals surface area contributed by atoms with Gasteiger partial charge in [0.1, 0.15) is 5.82 Å². The lowest BCUT2D eigenvalue weighted by Gasteiger charge is -2.19. The lowest BCUT2D eigenvalue weighted by Crippen LogP contribution is -2.19. The maximum Gasteiger partial charge on any atom is 0.128 e. The Labute approximate surface area is 111 Å². The van der Waals surface area contributed by atoms with Crippen molar-refractivity contribution < 1.29 is 9.13 Å². The molecule has 2 nitrogen and oxygen atoms in total. The van der Waals surface area contributed by atoms with E-state index in [4.69, 9.17) is 4.74 Å². The standard InChI is InChI=1S/C13H19BrFNO/c1-9(17-3)4-7-13(16-2)11-8-10(14)5-6-12(11)15/h5-6,8-9,13,16H,4,7H2,1-3H3. The molecule has 0 radical (unpaired) electrons. The van der Waals surface area contributed by atoms with Crippen molar-refractivity contribution in [2.45, 2.75) is 31.9 Å². The molecule has 1 N–H and O–H groups in total. The lowest BCUT2D eigenvalue weighted by atomic mass is 10.00. The van der Waals surface area contributed by atoms with Gasteiger partial charge < -0.3 is 10.1 Å². The minimum atomic E-state index is -0.169. The Morgan fingerprint density at radius 2 is 2.12 bits per heavy atom. The van der Waals surface area contributed by atoms with Gasteiger partial charge in [-0.1, -0.05) is 15.9 Å². The van der Waals surface area contributed by atoms with Crippen LogP contribution in [0.1, 0.15) is 31.4 Å². The fourth-order valence-corrected chi connectivity index (χ4v) is 2.14. The quantitative estimate of drug-likeness (QED) is 0.866. The van der Waals surface area contributed by atoms with Gasteiger partial charge in [-0.3, -0.25) is 0 Å². The molecular formula is C13H19BrFNO. The third-order valence-electron chi connectivity index (χ3n) is 2.95. The summed E-state index contributed by atoms with van der Waals surface area (Å²) in [5, 5.41) is 3.15. The van der Waals surface area contributed by atoms with E-state index in [1.807, 2.05) is 20.0 Å². The summed E-state index contributed by atoms with van der Waals surface area (Å²) < 4.78 is 19.8. The number of benzene rings is 1. The SMILES string of the molecule is CNC(CCC(C)OC)c1cc(Br)ccc1F. The fraction of sp³-hybridized carbons (Fsp3) is 0.538. The Morgan fingerprint density at radius 1 is 1.41 bits per heavy atom. The first-order valence-electron chi connectivity index (χ1n) is 5.73. The smallest absolute Gasteiger partial charge is 0.128 e. The number of methoxy groups -OCH3 is 1. The Bertz CT molecular complexity index is 359. The highest BCUT2D eigenvalue weighted by atomic mass is 79.9. The topological polar surface area (TPSA) is 21.3 Å². The first-order valence-corrected chi connectivity index (χ1v) is 6.52. The summed E-state index contributed by atoms with van der Waals surface area (Å²) in [6.07, 6.45) is 1.94. The van der Waals surface area contributed by atoms with E-state index in [9.17, 15) is 4.39 Å². The monoisotopic (exact) mass is 303 g/mol. The van der Waals surface area contributed by atoms with Gasteiger partial charge in [-0.2, -0.15) is 0 Å². The molecule has 2 unspecified atom stereocenters. The molecule has 4 heteroatoms. The highest BCUT2D eigenvalue weighted by Gasteiger charge is 2.15. The van der Waals surface area contributed by atoms with Crippen LogP contribution in [-0.4, -0.2) is 20.3 Å². The van der Waals surface area contributed by atoms with Gasteiger partial charge in [0.25, 0.3) is 0 Å². The minimum absolute atomic E-state index is 0.0186. The lowest BCUT2D eigenvalue weighted by molar-refractivity contribution is 0.106. The predicted molar refractivity (Wildman–Crippen MR) is 71.6 cm³/mol. The van der Waals surface area contributed by atoms with E-state index < -0.39 is 0 Å². The van der Waals surface area contributed by atoms with Crippen LogP contribution in [0, 0.1) is 5.82 Å². The van der Waals surface area contributed by atoms with Crippen molar-refractivity contribution in [2.24, 2.45) is 0 Å². The van der Waals surface area contributed by atoms with Crippen molar-refractivity contribution >= 4 is 15.9 Å². The van der Waals surface area contributed by atoms with Crippen LogP contribution >= 0.6 is 15.9 Å². The molecule has 0 aliphatic heterocycles. The highest BCUT2D eigenvalue weighted by molar-refractivity contribution is 9.10. The molecule has 0 heterocycles. The molecule has 0 bridgehead atoms. The molecule has 96 valence electrons. The molecular weight excluding hydrogens is 285 g/mol. The van der Waals surface area contributed by atoms with Crippen LogP contribution in [0.25, 0.3) is 0 Å².